The minimum absolute atomic E-state index is 0.692. The van der Waals surface area contributed by atoms with Gasteiger partial charge in [-0.3, -0.25) is 4.98 Å². The molecule has 0 saturated carbocycles. The molecular formula is C19H17NO2S2. The molecule has 0 N–H and O–H groups in total. The number of hydrogen-bond donors (Lipinski definition) is 0. The molecule has 2 aliphatic rings. The molecule has 0 saturated heterocycles. The smallest absolute Gasteiger partial charge is 0.241 e. The summed E-state index contributed by atoms with van der Waals surface area (Å²) in [6.45, 7) is 3.47. The molecule has 0 radical (unpaired) electrons. The molecule has 3 nitrogen and oxygen atoms in total. The van der Waals surface area contributed by atoms with Crippen molar-refractivity contribution >= 4 is 22.7 Å². The number of ether oxygens (including phenoxy) is 2. The van der Waals surface area contributed by atoms with Crippen molar-refractivity contribution in [2.45, 2.75) is 25.6 Å². The van der Waals surface area contributed by atoms with Crippen molar-refractivity contribution in [1.82, 2.24) is 4.98 Å². The van der Waals surface area contributed by atoms with Gasteiger partial charge < -0.3 is 9.47 Å². The van der Waals surface area contributed by atoms with Crippen LogP contribution in [0.2, 0.25) is 0 Å². The Kier molecular flexibility index (Phi) is 3.38. The molecule has 1 atom stereocenters. The maximum Gasteiger partial charge on any atom is 0.241 e. The zero-order valence-electron chi connectivity index (χ0n) is 13.4. The van der Waals surface area contributed by atoms with Gasteiger partial charge in [-0.25, -0.2) is 0 Å². The summed E-state index contributed by atoms with van der Waals surface area (Å²) in [5, 5.41) is 2.15. The molecule has 1 unspecified atom stereocenters. The van der Waals surface area contributed by atoms with E-state index in [1.165, 1.54) is 31.3 Å². The summed E-state index contributed by atoms with van der Waals surface area (Å²) >= 11 is 3.50. The quantitative estimate of drug-likeness (QED) is 0.643. The van der Waals surface area contributed by atoms with Gasteiger partial charge in [0.25, 0.3) is 0 Å². The zero-order chi connectivity index (χ0) is 16.1. The van der Waals surface area contributed by atoms with Gasteiger partial charge in [0.05, 0.1) is 33.5 Å². The van der Waals surface area contributed by atoms with Gasteiger partial charge in [-0.2, -0.15) is 0 Å². The largest absolute Gasteiger partial charge is 0.341 e. The lowest BCUT2D eigenvalue weighted by molar-refractivity contribution is -0.225. The van der Waals surface area contributed by atoms with E-state index in [2.05, 4.69) is 41.6 Å². The second kappa shape index (κ2) is 5.49. The van der Waals surface area contributed by atoms with Gasteiger partial charge >= 0.3 is 0 Å². The minimum Gasteiger partial charge on any atom is -0.341 e. The lowest BCUT2D eigenvalue weighted by Gasteiger charge is -2.39. The summed E-state index contributed by atoms with van der Waals surface area (Å²) < 4.78 is 12.5. The van der Waals surface area contributed by atoms with Crippen LogP contribution in [0, 0.1) is 6.92 Å². The third-order valence-corrected chi connectivity index (χ3v) is 6.99. The predicted molar refractivity (Wildman–Crippen MR) is 96.7 cm³/mol. The Bertz CT molecular complexity index is 892. The second-order valence-electron chi connectivity index (χ2n) is 6.27. The third-order valence-electron chi connectivity index (χ3n) is 4.67. The van der Waals surface area contributed by atoms with Gasteiger partial charge in [0.1, 0.15) is 0 Å². The van der Waals surface area contributed by atoms with Crippen LogP contribution >= 0.6 is 22.7 Å². The first-order valence-electron chi connectivity index (χ1n) is 8.17. The highest BCUT2D eigenvalue weighted by Crippen LogP contribution is 2.50. The molecule has 3 aromatic heterocycles. The van der Waals surface area contributed by atoms with Crippen LogP contribution in [0.5, 0.6) is 0 Å². The van der Waals surface area contributed by atoms with Crippen molar-refractivity contribution in [3.63, 3.8) is 0 Å². The number of thiophene rings is 2. The molecule has 5 heteroatoms. The third kappa shape index (κ3) is 2.12. The van der Waals surface area contributed by atoms with Crippen LogP contribution in [0.15, 0.2) is 35.8 Å². The number of hydrogen-bond acceptors (Lipinski definition) is 5. The fourth-order valence-electron chi connectivity index (χ4n) is 3.47. The molecule has 0 bridgehead atoms. The first kappa shape index (κ1) is 14.8. The van der Waals surface area contributed by atoms with E-state index in [9.17, 15) is 0 Å². The predicted octanol–water partition coefficient (Wildman–Crippen LogP) is 4.53. The number of aryl methyl sites for hydroxylation is 1. The molecule has 3 aromatic rings. The van der Waals surface area contributed by atoms with Gasteiger partial charge in [0.2, 0.25) is 5.79 Å². The average Bonchev–Trinajstić information content (AvgIpc) is 3.24. The summed E-state index contributed by atoms with van der Waals surface area (Å²) in [7, 11) is 0. The minimum atomic E-state index is -0.692. The topological polar surface area (TPSA) is 31.4 Å². The Hall–Kier alpha value is -1.53. The standard InChI is InChI=1S/C19H17NO2S2/c1-12-2-3-15(20-11-12)16-10-14-5-8-22-19(18(14)24-16)17-13(4-7-21-19)6-9-23-17/h2-3,6,9-11H,4-5,7-8H2,1H3. The molecule has 24 heavy (non-hydrogen) atoms. The molecule has 2 aliphatic heterocycles. The highest BCUT2D eigenvalue weighted by molar-refractivity contribution is 7.16. The molecule has 0 fully saturated rings. The van der Waals surface area contributed by atoms with Crippen molar-refractivity contribution in [2.24, 2.45) is 0 Å². The molecule has 1 spiro atoms. The zero-order valence-corrected chi connectivity index (χ0v) is 15.0. The summed E-state index contributed by atoms with van der Waals surface area (Å²) in [5.74, 6) is -0.692. The van der Waals surface area contributed by atoms with Crippen LogP contribution in [-0.2, 0) is 28.1 Å². The van der Waals surface area contributed by atoms with E-state index in [0.717, 1.165) is 18.5 Å². The fourth-order valence-corrected chi connectivity index (χ4v) is 5.89. The van der Waals surface area contributed by atoms with Crippen LogP contribution in [-0.4, -0.2) is 18.2 Å². The monoisotopic (exact) mass is 355 g/mol. The van der Waals surface area contributed by atoms with Crippen LogP contribution in [0.1, 0.15) is 26.4 Å². The molecule has 0 aliphatic carbocycles. The van der Waals surface area contributed by atoms with Crippen LogP contribution in [0.4, 0.5) is 0 Å². The Morgan fingerprint density at radius 1 is 1.04 bits per heavy atom. The van der Waals surface area contributed by atoms with Crippen molar-refractivity contribution in [3.8, 4) is 10.6 Å². The van der Waals surface area contributed by atoms with Crippen LogP contribution in [0.25, 0.3) is 10.6 Å². The normalized spacial score (nSPS) is 22.4. The van der Waals surface area contributed by atoms with Gasteiger partial charge in [-0.15, -0.1) is 22.7 Å². The van der Waals surface area contributed by atoms with Crippen molar-refractivity contribution < 1.29 is 9.47 Å². The van der Waals surface area contributed by atoms with Crippen molar-refractivity contribution in [1.29, 1.82) is 0 Å². The maximum absolute atomic E-state index is 6.26. The summed E-state index contributed by atoms with van der Waals surface area (Å²) in [6, 6.07) is 8.69. The van der Waals surface area contributed by atoms with Gasteiger partial charge in [-0.1, -0.05) is 6.07 Å². The Labute approximate surface area is 148 Å². The summed E-state index contributed by atoms with van der Waals surface area (Å²) in [4.78, 5) is 8.21. The van der Waals surface area contributed by atoms with Crippen molar-refractivity contribution in [3.05, 3.63) is 62.3 Å². The van der Waals surface area contributed by atoms with E-state index < -0.39 is 5.79 Å². The average molecular weight is 355 g/mol. The number of aromatic nitrogens is 1. The van der Waals surface area contributed by atoms with E-state index >= 15 is 0 Å². The summed E-state index contributed by atoms with van der Waals surface area (Å²) in [6.07, 6.45) is 3.83. The highest BCUT2D eigenvalue weighted by Gasteiger charge is 2.47. The number of rotatable bonds is 1. The lowest BCUT2D eigenvalue weighted by atomic mass is 9.97. The second-order valence-corrected chi connectivity index (χ2v) is 8.24. The molecule has 122 valence electrons. The molecule has 5 rings (SSSR count). The summed E-state index contributed by atoms with van der Waals surface area (Å²) in [5.41, 5.74) is 4.91. The van der Waals surface area contributed by atoms with Gasteiger partial charge in [0.15, 0.2) is 0 Å². The number of fused-ring (bicyclic) bond motifs is 4. The van der Waals surface area contributed by atoms with Gasteiger partial charge in [-0.05, 0) is 60.0 Å². The molecule has 0 amide bonds. The molecule has 5 heterocycles. The SMILES string of the molecule is Cc1ccc(-c2cc3c(s2)C2(OCCc4ccsc42)OCC3)nc1. The Balaban J connectivity index is 1.66. The van der Waals surface area contributed by atoms with E-state index in [4.69, 9.17) is 9.47 Å². The first-order chi connectivity index (χ1) is 11.8. The van der Waals surface area contributed by atoms with Crippen molar-refractivity contribution in [2.75, 3.05) is 13.2 Å². The molecule has 0 aromatic carbocycles. The Morgan fingerprint density at radius 3 is 2.67 bits per heavy atom. The van der Waals surface area contributed by atoms with Gasteiger partial charge in [0, 0.05) is 6.20 Å². The van der Waals surface area contributed by atoms with E-state index in [1.54, 1.807) is 22.7 Å². The molecular weight excluding hydrogens is 338 g/mol. The maximum atomic E-state index is 6.26. The lowest BCUT2D eigenvalue weighted by Crippen LogP contribution is -2.41. The van der Waals surface area contributed by atoms with E-state index in [1.807, 2.05) is 6.20 Å². The van der Waals surface area contributed by atoms with Crippen LogP contribution < -0.4 is 0 Å². The van der Waals surface area contributed by atoms with E-state index in [0.29, 0.717) is 13.2 Å². The first-order valence-corrected chi connectivity index (χ1v) is 9.87. The van der Waals surface area contributed by atoms with E-state index in [-0.39, 0.29) is 0 Å². The number of nitrogens with zero attached hydrogens (tertiary/aromatic N) is 1. The number of pyridine rings is 1. The highest BCUT2D eigenvalue weighted by atomic mass is 32.1. The fraction of sp³-hybridized carbons (Fsp3) is 0.316. The Morgan fingerprint density at radius 2 is 1.88 bits per heavy atom. The van der Waals surface area contributed by atoms with Crippen LogP contribution in [0.3, 0.4) is 0 Å².